The van der Waals surface area contributed by atoms with Crippen molar-refractivity contribution in [1.82, 2.24) is 5.32 Å². The van der Waals surface area contributed by atoms with Gasteiger partial charge in [-0.15, -0.1) is 0 Å². The summed E-state index contributed by atoms with van der Waals surface area (Å²) in [6.07, 6.45) is 4.54. The van der Waals surface area contributed by atoms with Crippen molar-refractivity contribution >= 4 is 11.9 Å². The first-order chi connectivity index (χ1) is 7.58. The quantitative estimate of drug-likeness (QED) is 0.710. The Balaban J connectivity index is 2.12. The highest BCUT2D eigenvalue weighted by Crippen LogP contribution is 2.20. The van der Waals surface area contributed by atoms with E-state index in [0.29, 0.717) is 0 Å². The minimum atomic E-state index is -0.912. The lowest BCUT2D eigenvalue weighted by Crippen LogP contribution is -2.37. The van der Waals surface area contributed by atoms with Crippen LogP contribution in [0.2, 0.25) is 0 Å². The third-order valence-electron chi connectivity index (χ3n) is 2.64. The molecule has 1 aliphatic carbocycles. The van der Waals surface area contributed by atoms with Crippen LogP contribution in [0.4, 0.5) is 0 Å². The number of rotatable bonds is 6. The summed E-state index contributed by atoms with van der Waals surface area (Å²) in [6, 6.07) is -0.350. The third kappa shape index (κ3) is 5.11. The molecule has 1 fully saturated rings. The molecule has 0 saturated heterocycles. The molecule has 5 heteroatoms. The number of nitrogens with one attached hydrogen (secondary N) is 1. The Kier molecular flexibility index (Phi) is 5.25. The lowest BCUT2D eigenvalue weighted by Gasteiger charge is -2.14. The number of carboxylic acids is 1. The number of carboxylic acid groups (broad SMARTS) is 1. The summed E-state index contributed by atoms with van der Waals surface area (Å²) in [5.41, 5.74) is 0. The zero-order valence-electron chi connectivity index (χ0n) is 9.57. The first-order valence-corrected chi connectivity index (χ1v) is 5.70. The minimum Gasteiger partial charge on any atom is -0.481 e. The zero-order chi connectivity index (χ0) is 12.0. The molecule has 2 N–H and O–H groups in total. The molecule has 0 aromatic carbocycles. The van der Waals surface area contributed by atoms with Crippen LogP contribution in [0, 0.1) is 0 Å². The molecular formula is C11H19NO4. The van der Waals surface area contributed by atoms with Crippen LogP contribution in [0.3, 0.4) is 0 Å². The van der Waals surface area contributed by atoms with Crippen LogP contribution in [0.15, 0.2) is 0 Å². The molecular weight excluding hydrogens is 210 g/mol. The number of hydrogen-bond acceptors (Lipinski definition) is 3. The molecule has 5 nitrogen and oxygen atoms in total. The van der Waals surface area contributed by atoms with E-state index in [9.17, 15) is 9.59 Å². The van der Waals surface area contributed by atoms with Gasteiger partial charge < -0.3 is 15.2 Å². The predicted molar refractivity (Wildman–Crippen MR) is 58.1 cm³/mol. The Morgan fingerprint density at radius 3 is 2.62 bits per heavy atom. The van der Waals surface area contributed by atoms with Crippen LogP contribution in [-0.2, 0) is 14.3 Å². The maximum Gasteiger partial charge on any atom is 0.305 e. The van der Waals surface area contributed by atoms with Crippen molar-refractivity contribution in [3.8, 4) is 0 Å². The second kappa shape index (κ2) is 6.48. The SMILES string of the molecule is CC(CC(=O)O)NC(=O)COC1CCCC1. The number of aliphatic carboxylic acids is 1. The fourth-order valence-electron chi connectivity index (χ4n) is 1.88. The van der Waals surface area contributed by atoms with Crippen LogP contribution < -0.4 is 5.32 Å². The lowest BCUT2D eigenvalue weighted by atomic mass is 10.2. The summed E-state index contributed by atoms with van der Waals surface area (Å²) in [5.74, 6) is -1.15. The smallest absolute Gasteiger partial charge is 0.305 e. The largest absolute Gasteiger partial charge is 0.481 e. The molecule has 1 unspecified atom stereocenters. The zero-order valence-corrected chi connectivity index (χ0v) is 9.57. The molecule has 0 radical (unpaired) electrons. The number of amides is 1. The van der Waals surface area contributed by atoms with E-state index in [0.717, 1.165) is 12.8 Å². The summed E-state index contributed by atoms with van der Waals surface area (Å²) in [4.78, 5) is 21.7. The van der Waals surface area contributed by atoms with Gasteiger partial charge in [-0.2, -0.15) is 0 Å². The van der Waals surface area contributed by atoms with Crippen molar-refractivity contribution < 1.29 is 19.4 Å². The second-order valence-corrected chi connectivity index (χ2v) is 4.28. The summed E-state index contributed by atoms with van der Waals surface area (Å²) < 4.78 is 5.41. The minimum absolute atomic E-state index is 0.0363. The summed E-state index contributed by atoms with van der Waals surface area (Å²) in [5, 5.41) is 11.1. The second-order valence-electron chi connectivity index (χ2n) is 4.28. The molecule has 0 heterocycles. The maximum atomic E-state index is 11.4. The van der Waals surface area contributed by atoms with Gasteiger partial charge >= 0.3 is 5.97 Å². The molecule has 1 rings (SSSR count). The van der Waals surface area contributed by atoms with Crippen LogP contribution in [0.1, 0.15) is 39.0 Å². The highest BCUT2D eigenvalue weighted by molar-refractivity contribution is 5.78. The molecule has 16 heavy (non-hydrogen) atoms. The topological polar surface area (TPSA) is 75.6 Å². The molecule has 0 aromatic heterocycles. The van der Waals surface area contributed by atoms with Crippen molar-refractivity contribution in [2.24, 2.45) is 0 Å². The van der Waals surface area contributed by atoms with Gasteiger partial charge in [0.2, 0.25) is 5.91 Å². The normalized spacial score (nSPS) is 18.3. The standard InChI is InChI=1S/C11H19NO4/c1-8(6-11(14)15)12-10(13)7-16-9-4-2-3-5-9/h8-9H,2-7H2,1H3,(H,12,13)(H,14,15). The van der Waals surface area contributed by atoms with Crippen molar-refractivity contribution in [3.63, 3.8) is 0 Å². The Hall–Kier alpha value is -1.10. The average Bonchev–Trinajstić information content (AvgIpc) is 2.65. The fourth-order valence-corrected chi connectivity index (χ4v) is 1.88. The third-order valence-corrected chi connectivity index (χ3v) is 2.64. The Labute approximate surface area is 95.2 Å². The number of carbonyl (C=O) groups excluding carboxylic acids is 1. The fraction of sp³-hybridized carbons (Fsp3) is 0.818. The molecule has 0 aromatic rings. The number of hydrogen-bond donors (Lipinski definition) is 2. The van der Waals surface area contributed by atoms with Crippen molar-refractivity contribution in [3.05, 3.63) is 0 Å². The Morgan fingerprint density at radius 1 is 1.44 bits per heavy atom. The van der Waals surface area contributed by atoms with Gasteiger partial charge in [0.05, 0.1) is 12.5 Å². The summed E-state index contributed by atoms with van der Waals surface area (Å²) >= 11 is 0. The van der Waals surface area contributed by atoms with Crippen molar-refractivity contribution in [2.45, 2.75) is 51.2 Å². The van der Waals surface area contributed by atoms with E-state index in [1.54, 1.807) is 6.92 Å². The van der Waals surface area contributed by atoms with Gasteiger partial charge in [0, 0.05) is 6.04 Å². The van der Waals surface area contributed by atoms with E-state index in [4.69, 9.17) is 9.84 Å². The average molecular weight is 229 g/mol. The first kappa shape index (κ1) is 13.0. The van der Waals surface area contributed by atoms with Gasteiger partial charge in [-0.1, -0.05) is 12.8 Å². The molecule has 0 aliphatic heterocycles. The monoisotopic (exact) mass is 229 g/mol. The van der Waals surface area contributed by atoms with Gasteiger partial charge in [0.15, 0.2) is 0 Å². The summed E-state index contributed by atoms with van der Waals surface area (Å²) in [7, 11) is 0. The highest BCUT2D eigenvalue weighted by Gasteiger charge is 2.17. The molecule has 0 bridgehead atoms. The molecule has 1 amide bonds. The molecule has 1 aliphatic rings. The van der Waals surface area contributed by atoms with E-state index >= 15 is 0 Å². The Bertz CT molecular complexity index is 248. The van der Waals surface area contributed by atoms with Gasteiger partial charge in [-0.05, 0) is 19.8 Å². The van der Waals surface area contributed by atoms with Gasteiger partial charge in [-0.25, -0.2) is 0 Å². The van der Waals surface area contributed by atoms with E-state index in [-0.39, 0.29) is 31.1 Å². The molecule has 1 saturated carbocycles. The van der Waals surface area contributed by atoms with Gasteiger partial charge in [-0.3, -0.25) is 9.59 Å². The predicted octanol–water partition coefficient (Wildman–Crippen LogP) is 0.925. The molecule has 92 valence electrons. The van der Waals surface area contributed by atoms with Crippen LogP contribution in [0.25, 0.3) is 0 Å². The van der Waals surface area contributed by atoms with Crippen molar-refractivity contribution in [1.29, 1.82) is 0 Å². The van der Waals surface area contributed by atoms with E-state index in [2.05, 4.69) is 5.32 Å². The summed E-state index contributed by atoms with van der Waals surface area (Å²) in [6.45, 7) is 1.70. The lowest BCUT2D eigenvalue weighted by molar-refractivity contribution is -0.137. The van der Waals surface area contributed by atoms with Crippen LogP contribution in [0.5, 0.6) is 0 Å². The molecule has 0 spiro atoms. The number of carbonyl (C=O) groups is 2. The maximum absolute atomic E-state index is 11.4. The van der Waals surface area contributed by atoms with E-state index in [1.165, 1.54) is 12.8 Å². The van der Waals surface area contributed by atoms with Gasteiger partial charge in [0.25, 0.3) is 0 Å². The van der Waals surface area contributed by atoms with Crippen molar-refractivity contribution in [2.75, 3.05) is 6.61 Å². The highest BCUT2D eigenvalue weighted by atomic mass is 16.5. The van der Waals surface area contributed by atoms with Gasteiger partial charge in [0.1, 0.15) is 6.61 Å². The molecule has 1 atom stereocenters. The van der Waals surface area contributed by atoms with Crippen LogP contribution in [-0.4, -0.2) is 35.7 Å². The van der Waals surface area contributed by atoms with E-state index < -0.39 is 5.97 Å². The number of ether oxygens (including phenoxy) is 1. The first-order valence-electron chi connectivity index (χ1n) is 5.70. The van der Waals surface area contributed by atoms with E-state index in [1.807, 2.05) is 0 Å². The van der Waals surface area contributed by atoms with Crippen LogP contribution >= 0.6 is 0 Å². The Morgan fingerprint density at radius 2 is 2.06 bits per heavy atom.